The lowest BCUT2D eigenvalue weighted by Gasteiger charge is -2.07. The first kappa shape index (κ1) is 14.3. The van der Waals surface area contributed by atoms with E-state index < -0.39 is 15.8 Å². The molecule has 2 rings (SSSR count). The van der Waals surface area contributed by atoms with Crippen LogP contribution in [0.1, 0.15) is 4.88 Å². The normalized spacial score (nSPS) is 11.5. The quantitative estimate of drug-likeness (QED) is 0.910. The molecular formula is C11H9ClFNO3S2. The average Bonchev–Trinajstić information content (AvgIpc) is 2.82. The SMILES string of the molecule is O=S(=O)(Nc1ccc(F)cc1Cl)c1ccc(CO)s1. The Labute approximate surface area is 118 Å². The number of aliphatic hydroxyl groups is 1. The molecule has 0 aliphatic rings. The Balaban J connectivity index is 2.30. The van der Waals surface area contributed by atoms with E-state index in [9.17, 15) is 12.8 Å². The van der Waals surface area contributed by atoms with Gasteiger partial charge in [-0.3, -0.25) is 4.72 Å². The highest BCUT2D eigenvalue weighted by atomic mass is 35.5. The van der Waals surface area contributed by atoms with E-state index in [2.05, 4.69) is 4.72 Å². The maximum Gasteiger partial charge on any atom is 0.271 e. The lowest BCUT2D eigenvalue weighted by Crippen LogP contribution is -2.11. The van der Waals surface area contributed by atoms with E-state index in [1.165, 1.54) is 18.2 Å². The third-order valence-corrected chi connectivity index (χ3v) is 5.47. The summed E-state index contributed by atoms with van der Waals surface area (Å²) < 4.78 is 39.3. The van der Waals surface area contributed by atoms with Crippen molar-refractivity contribution >= 4 is 38.6 Å². The monoisotopic (exact) mass is 321 g/mol. The minimum absolute atomic E-state index is 0.0255. The number of nitrogens with one attached hydrogen (secondary N) is 1. The summed E-state index contributed by atoms with van der Waals surface area (Å²) in [5.41, 5.74) is 0.0991. The zero-order valence-electron chi connectivity index (χ0n) is 9.43. The molecule has 0 aliphatic heterocycles. The molecule has 19 heavy (non-hydrogen) atoms. The van der Waals surface area contributed by atoms with Gasteiger partial charge >= 0.3 is 0 Å². The summed E-state index contributed by atoms with van der Waals surface area (Å²) in [7, 11) is -3.79. The molecule has 0 radical (unpaired) electrons. The predicted molar refractivity (Wildman–Crippen MR) is 72.5 cm³/mol. The highest BCUT2D eigenvalue weighted by Crippen LogP contribution is 2.28. The van der Waals surface area contributed by atoms with Crippen LogP contribution in [0.4, 0.5) is 10.1 Å². The third-order valence-electron chi connectivity index (χ3n) is 2.23. The number of anilines is 1. The Morgan fingerprint density at radius 1 is 1.32 bits per heavy atom. The molecule has 0 atom stereocenters. The third kappa shape index (κ3) is 3.24. The summed E-state index contributed by atoms with van der Waals surface area (Å²) in [4.78, 5) is 0.533. The number of hydrogen-bond donors (Lipinski definition) is 2. The largest absolute Gasteiger partial charge is 0.391 e. The zero-order chi connectivity index (χ0) is 14.0. The fourth-order valence-electron chi connectivity index (χ4n) is 1.35. The van der Waals surface area contributed by atoms with Crippen LogP contribution < -0.4 is 4.72 Å². The molecule has 2 N–H and O–H groups in total. The van der Waals surface area contributed by atoms with E-state index in [1.807, 2.05) is 0 Å². The molecule has 4 nitrogen and oxygen atoms in total. The van der Waals surface area contributed by atoms with Crippen molar-refractivity contribution in [2.45, 2.75) is 10.8 Å². The van der Waals surface area contributed by atoms with Gasteiger partial charge in [0.1, 0.15) is 10.0 Å². The van der Waals surface area contributed by atoms with Crippen LogP contribution >= 0.6 is 22.9 Å². The lowest BCUT2D eigenvalue weighted by molar-refractivity contribution is 0.285. The van der Waals surface area contributed by atoms with Crippen molar-refractivity contribution in [1.29, 1.82) is 0 Å². The molecular weight excluding hydrogens is 313 g/mol. The van der Waals surface area contributed by atoms with Gasteiger partial charge in [0.05, 0.1) is 17.3 Å². The molecule has 1 aromatic carbocycles. The molecule has 0 bridgehead atoms. The molecule has 0 spiro atoms. The highest BCUT2D eigenvalue weighted by Gasteiger charge is 2.18. The Hall–Kier alpha value is -1.15. The number of thiophene rings is 1. The van der Waals surface area contributed by atoms with Gasteiger partial charge in [-0.25, -0.2) is 12.8 Å². The second kappa shape index (κ2) is 5.46. The van der Waals surface area contributed by atoms with E-state index >= 15 is 0 Å². The van der Waals surface area contributed by atoms with Gasteiger partial charge in [0.25, 0.3) is 10.0 Å². The smallest absolute Gasteiger partial charge is 0.271 e. The number of rotatable bonds is 4. The highest BCUT2D eigenvalue weighted by molar-refractivity contribution is 7.94. The average molecular weight is 322 g/mol. The summed E-state index contributed by atoms with van der Waals surface area (Å²) >= 11 is 6.70. The van der Waals surface area contributed by atoms with Crippen LogP contribution in [0.5, 0.6) is 0 Å². The minimum Gasteiger partial charge on any atom is -0.391 e. The van der Waals surface area contributed by atoms with Crippen LogP contribution in [-0.2, 0) is 16.6 Å². The second-order valence-corrected chi connectivity index (χ2v) is 7.09. The summed E-state index contributed by atoms with van der Waals surface area (Å²) in [6, 6.07) is 6.28. The van der Waals surface area contributed by atoms with Gasteiger partial charge < -0.3 is 5.11 Å². The van der Waals surface area contributed by atoms with Crippen molar-refractivity contribution in [1.82, 2.24) is 0 Å². The van der Waals surface area contributed by atoms with Gasteiger partial charge in [0.2, 0.25) is 0 Å². The van der Waals surface area contributed by atoms with Crippen molar-refractivity contribution in [2.75, 3.05) is 4.72 Å². The van der Waals surface area contributed by atoms with Gasteiger partial charge in [0.15, 0.2) is 0 Å². The number of sulfonamides is 1. The molecule has 102 valence electrons. The molecule has 0 saturated heterocycles. The Bertz CT molecular complexity index is 700. The molecule has 0 amide bonds. The van der Waals surface area contributed by atoms with E-state index in [1.54, 1.807) is 0 Å². The van der Waals surface area contributed by atoms with Crippen LogP contribution in [0.15, 0.2) is 34.5 Å². The first-order valence-corrected chi connectivity index (χ1v) is 7.77. The molecule has 1 heterocycles. The van der Waals surface area contributed by atoms with Gasteiger partial charge in [-0.15, -0.1) is 11.3 Å². The molecule has 8 heteroatoms. The van der Waals surface area contributed by atoms with Crippen LogP contribution in [0.3, 0.4) is 0 Å². The maximum absolute atomic E-state index is 12.9. The van der Waals surface area contributed by atoms with Crippen LogP contribution in [0, 0.1) is 5.82 Å². The van der Waals surface area contributed by atoms with E-state index in [4.69, 9.17) is 16.7 Å². The van der Waals surface area contributed by atoms with Crippen molar-refractivity contribution in [3.63, 3.8) is 0 Å². The van der Waals surface area contributed by atoms with Crippen molar-refractivity contribution in [3.8, 4) is 0 Å². The summed E-state index contributed by atoms with van der Waals surface area (Å²) in [5.74, 6) is -0.549. The van der Waals surface area contributed by atoms with Gasteiger partial charge in [-0.1, -0.05) is 11.6 Å². The van der Waals surface area contributed by atoms with E-state index in [0.717, 1.165) is 23.5 Å². The van der Waals surface area contributed by atoms with Crippen molar-refractivity contribution in [2.24, 2.45) is 0 Å². The van der Waals surface area contributed by atoms with Crippen LogP contribution in [0.2, 0.25) is 5.02 Å². The molecule has 1 aromatic heterocycles. The number of hydrogen-bond acceptors (Lipinski definition) is 4. The second-order valence-electron chi connectivity index (χ2n) is 3.61. The molecule has 0 unspecified atom stereocenters. The first-order chi connectivity index (χ1) is 8.92. The minimum atomic E-state index is -3.79. The fourth-order valence-corrected chi connectivity index (χ4v) is 3.92. The first-order valence-electron chi connectivity index (χ1n) is 5.10. The Kier molecular flexibility index (Phi) is 4.10. The summed E-state index contributed by atoms with van der Waals surface area (Å²) in [6.45, 7) is -0.225. The summed E-state index contributed by atoms with van der Waals surface area (Å²) in [5, 5.41) is 8.89. The van der Waals surface area contributed by atoms with Crippen LogP contribution in [-0.4, -0.2) is 13.5 Å². The Morgan fingerprint density at radius 2 is 2.05 bits per heavy atom. The van der Waals surface area contributed by atoms with Crippen molar-refractivity contribution < 1.29 is 17.9 Å². The molecule has 2 aromatic rings. The maximum atomic E-state index is 12.9. The number of aliphatic hydroxyl groups excluding tert-OH is 1. The zero-order valence-corrected chi connectivity index (χ0v) is 11.8. The summed E-state index contributed by atoms with van der Waals surface area (Å²) in [6.07, 6.45) is 0. The number of benzene rings is 1. The fraction of sp³-hybridized carbons (Fsp3) is 0.0909. The van der Waals surface area contributed by atoms with Gasteiger partial charge in [-0.2, -0.15) is 0 Å². The van der Waals surface area contributed by atoms with Gasteiger partial charge in [0, 0.05) is 4.88 Å². The molecule has 0 fully saturated rings. The van der Waals surface area contributed by atoms with Crippen molar-refractivity contribution in [3.05, 3.63) is 46.0 Å². The predicted octanol–water partition coefficient (Wildman–Crippen LogP) is 2.83. The standard InChI is InChI=1S/C11H9ClFNO3S2/c12-9-5-7(13)1-3-10(9)14-19(16,17)11-4-2-8(6-15)18-11/h1-5,14-15H,6H2. The molecule has 0 aliphatic carbocycles. The number of halogens is 2. The Morgan fingerprint density at radius 3 is 2.63 bits per heavy atom. The lowest BCUT2D eigenvalue weighted by atomic mass is 10.3. The van der Waals surface area contributed by atoms with Crippen LogP contribution in [0.25, 0.3) is 0 Å². The van der Waals surface area contributed by atoms with Gasteiger partial charge in [-0.05, 0) is 30.3 Å². The van der Waals surface area contributed by atoms with E-state index in [-0.39, 0.29) is 21.5 Å². The van der Waals surface area contributed by atoms with E-state index in [0.29, 0.717) is 4.88 Å². The molecule has 0 saturated carbocycles. The topological polar surface area (TPSA) is 66.4 Å².